The van der Waals surface area contributed by atoms with Crippen molar-refractivity contribution in [3.05, 3.63) is 35.7 Å². The molecule has 0 saturated heterocycles. The van der Waals surface area contributed by atoms with Gasteiger partial charge in [-0.15, -0.1) is 0 Å². The monoisotopic (exact) mass is 387 g/mol. The zero-order chi connectivity index (χ0) is 19.9. The molecule has 1 amide bonds. The van der Waals surface area contributed by atoms with E-state index in [1.807, 2.05) is 0 Å². The van der Waals surface area contributed by atoms with Gasteiger partial charge in [-0.2, -0.15) is 18.2 Å². The van der Waals surface area contributed by atoms with Crippen molar-refractivity contribution in [1.29, 1.82) is 0 Å². The van der Waals surface area contributed by atoms with Crippen LogP contribution in [-0.2, 0) is 27.0 Å². The van der Waals surface area contributed by atoms with Gasteiger partial charge >= 0.3 is 12.1 Å². The van der Waals surface area contributed by atoms with Crippen LogP contribution in [0.1, 0.15) is 18.4 Å². The Morgan fingerprint density at radius 1 is 1.26 bits per heavy atom. The number of benzene rings is 1. The summed E-state index contributed by atoms with van der Waals surface area (Å²) in [6, 6.07) is 6.52. The third-order valence-electron chi connectivity index (χ3n) is 3.60. The van der Waals surface area contributed by atoms with Crippen LogP contribution in [0.25, 0.3) is 11.4 Å². The summed E-state index contributed by atoms with van der Waals surface area (Å²) in [4.78, 5) is 17.1. The summed E-state index contributed by atoms with van der Waals surface area (Å²) in [7, 11) is 1.54. The van der Waals surface area contributed by atoms with E-state index in [1.54, 1.807) is 43.2 Å². The number of carbonyl (C=O) groups excluding carboxylic acids is 1. The zero-order valence-corrected chi connectivity index (χ0v) is 15.0. The number of amides is 1. The van der Waals surface area contributed by atoms with Crippen molar-refractivity contribution in [2.24, 2.45) is 0 Å². The van der Waals surface area contributed by atoms with E-state index in [0.717, 1.165) is 5.56 Å². The minimum atomic E-state index is -4.69. The molecule has 0 saturated carbocycles. The van der Waals surface area contributed by atoms with Gasteiger partial charge in [0.2, 0.25) is 11.7 Å². The largest absolute Gasteiger partial charge is 0.471 e. The van der Waals surface area contributed by atoms with Crippen molar-refractivity contribution in [3.8, 4) is 11.4 Å². The van der Waals surface area contributed by atoms with Crippen LogP contribution in [0.15, 0.2) is 28.8 Å². The van der Waals surface area contributed by atoms with E-state index in [-0.39, 0.29) is 18.3 Å². The highest BCUT2D eigenvalue weighted by Gasteiger charge is 2.38. The molecule has 2 aromatic rings. The van der Waals surface area contributed by atoms with Crippen LogP contribution in [0.4, 0.5) is 13.2 Å². The molecule has 148 valence electrons. The Morgan fingerprint density at radius 3 is 2.52 bits per heavy atom. The Morgan fingerprint density at radius 2 is 1.96 bits per heavy atom. The Balaban J connectivity index is 2.08. The quantitative estimate of drug-likeness (QED) is 0.659. The van der Waals surface area contributed by atoms with Gasteiger partial charge in [0.15, 0.2) is 0 Å². The smallest absolute Gasteiger partial charge is 0.383 e. The van der Waals surface area contributed by atoms with Gasteiger partial charge in [-0.25, -0.2) is 0 Å². The van der Waals surface area contributed by atoms with Gasteiger partial charge in [0, 0.05) is 32.4 Å². The van der Waals surface area contributed by atoms with Gasteiger partial charge in [0.25, 0.3) is 0 Å². The number of ether oxygens (including phenoxy) is 2. The first-order valence-electron chi connectivity index (χ1n) is 8.19. The van der Waals surface area contributed by atoms with Gasteiger partial charge in [-0.1, -0.05) is 29.4 Å². The van der Waals surface area contributed by atoms with Crippen LogP contribution < -0.4 is 0 Å². The maximum atomic E-state index is 12.5. The van der Waals surface area contributed by atoms with Gasteiger partial charge < -0.3 is 18.9 Å². The Labute approximate surface area is 154 Å². The fraction of sp³-hybridized carbons (Fsp3) is 0.471. The fourth-order valence-corrected chi connectivity index (χ4v) is 2.21. The highest BCUT2D eigenvalue weighted by molar-refractivity contribution is 5.77. The number of alkyl halides is 3. The summed E-state index contributed by atoms with van der Waals surface area (Å²) in [5.74, 6) is -1.72. The predicted molar refractivity (Wildman–Crippen MR) is 88.5 cm³/mol. The van der Waals surface area contributed by atoms with E-state index in [1.165, 1.54) is 0 Å². The molecule has 0 radical (unpaired) electrons. The Hall–Kier alpha value is -2.46. The lowest BCUT2D eigenvalue weighted by molar-refractivity contribution is -0.159. The van der Waals surface area contributed by atoms with Crippen molar-refractivity contribution in [3.63, 3.8) is 0 Å². The number of halogens is 3. The van der Waals surface area contributed by atoms with Crippen LogP contribution in [0.3, 0.4) is 0 Å². The topological polar surface area (TPSA) is 77.7 Å². The molecule has 0 bridgehead atoms. The van der Waals surface area contributed by atoms with E-state index in [2.05, 4.69) is 14.7 Å². The molecule has 27 heavy (non-hydrogen) atoms. The molecule has 0 spiro atoms. The maximum Gasteiger partial charge on any atom is 0.471 e. The lowest BCUT2D eigenvalue weighted by Crippen LogP contribution is -2.36. The second-order valence-corrected chi connectivity index (χ2v) is 5.56. The van der Waals surface area contributed by atoms with Crippen LogP contribution in [0.2, 0.25) is 0 Å². The molecule has 2 rings (SSSR count). The van der Waals surface area contributed by atoms with E-state index < -0.39 is 12.1 Å². The second kappa shape index (κ2) is 9.47. The second-order valence-electron chi connectivity index (χ2n) is 5.56. The molecule has 0 aliphatic rings. The number of carbonyl (C=O) groups is 1. The minimum Gasteiger partial charge on any atom is -0.383 e. The number of nitrogens with zero attached hydrogens (tertiary/aromatic N) is 3. The molecule has 0 unspecified atom stereocenters. The molecule has 1 heterocycles. The SMILES string of the molecule is CCOCC(=O)N(CCOC)Cc1ccc(-c2noc(C(F)(F)F)n2)cc1. The predicted octanol–water partition coefficient (Wildman–Crippen LogP) is 2.77. The molecule has 0 atom stereocenters. The number of hydrogen-bond donors (Lipinski definition) is 0. The molecule has 10 heteroatoms. The van der Waals surface area contributed by atoms with Crippen LogP contribution >= 0.6 is 0 Å². The highest BCUT2D eigenvalue weighted by Crippen LogP contribution is 2.29. The summed E-state index contributed by atoms with van der Waals surface area (Å²) in [5.41, 5.74) is 1.17. The third-order valence-corrected chi connectivity index (χ3v) is 3.60. The number of hydrogen-bond acceptors (Lipinski definition) is 6. The summed E-state index contributed by atoms with van der Waals surface area (Å²) < 4.78 is 52.0. The molecule has 0 fully saturated rings. The van der Waals surface area contributed by atoms with Gasteiger partial charge in [-0.05, 0) is 12.5 Å². The van der Waals surface area contributed by atoms with Gasteiger partial charge in [0.05, 0.1) is 6.61 Å². The molecule has 7 nitrogen and oxygen atoms in total. The van der Waals surface area contributed by atoms with Gasteiger partial charge in [0.1, 0.15) is 6.61 Å². The van der Waals surface area contributed by atoms with Crippen molar-refractivity contribution in [2.45, 2.75) is 19.6 Å². The standard InChI is InChI=1S/C17H20F3N3O4/c1-3-26-11-14(24)23(8-9-25-2)10-12-4-6-13(7-5-12)15-21-16(27-22-15)17(18,19)20/h4-7H,3,8-11H2,1-2H3. The van der Waals surface area contributed by atoms with E-state index in [9.17, 15) is 18.0 Å². The van der Waals surface area contributed by atoms with Crippen LogP contribution in [-0.4, -0.2) is 54.4 Å². The Kier molecular flexibility index (Phi) is 7.31. The van der Waals surface area contributed by atoms with Gasteiger partial charge in [-0.3, -0.25) is 4.79 Å². The number of aromatic nitrogens is 2. The van der Waals surface area contributed by atoms with E-state index >= 15 is 0 Å². The third kappa shape index (κ3) is 6.04. The molecule has 0 aliphatic heterocycles. The molecular weight excluding hydrogens is 367 g/mol. The van der Waals surface area contributed by atoms with E-state index in [0.29, 0.717) is 31.9 Å². The fourth-order valence-electron chi connectivity index (χ4n) is 2.21. The normalized spacial score (nSPS) is 11.6. The lowest BCUT2D eigenvalue weighted by atomic mass is 10.1. The van der Waals surface area contributed by atoms with Crippen molar-refractivity contribution < 1.29 is 32.0 Å². The van der Waals surface area contributed by atoms with Crippen molar-refractivity contribution in [2.75, 3.05) is 33.5 Å². The highest BCUT2D eigenvalue weighted by atomic mass is 19.4. The van der Waals surface area contributed by atoms with Crippen molar-refractivity contribution in [1.82, 2.24) is 15.0 Å². The molecule has 1 aromatic carbocycles. The minimum absolute atomic E-state index is 0.0264. The molecular formula is C17H20F3N3O4. The van der Waals surface area contributed by atoms with E-state index in [4.69, 9.17) is 9.47 Å². The zero-order valence-electron chi connectivity index (χ0n) is 15.0. The van der Waals surface area contributed by atoms with Crippen LogP contribution in [0, 0.1) is 0 Å². The van der Waals surface area contributed by atoms with Crippen molar-refractivity contribution >= 4 is 5.91 Å². The average molecular weight is 387 g/mol. The first-order chi connectivity index (χ1) is 12.8. The summed E-state index contributed by atoms with van der Waals surface area (Å²) in [6.45, 7) is 3.29. The molecule has 1 aromatic heterocycles. The maximum absolute atomic E-state index is 12.5. The number of rotatable bonds is 9. The summed E-state index contributed by atoms with van der Waals surface area (Å²) >= 11 is 0. The van der Waals surface area contributed by atoms with Crippen LogP contribution in [0.5, 0.6) is 0 Å². The molecule has 0 N–H and O–H groups in total. The first kappa shape index (κ1) is 20.8. The average Bonchev–Trinajstić information content (AvgIpc) is 3.14. The molecule has 0 aliphatic carbocycles. The Bertz CT molecular complexity index is 732. The summed E-state index contributed by atoms with van der Waals surface area (Å²) in [6.07, 6.45) is -4.69. The lowest BCUT2D eigenvalue weighted by Gasteiger charge is -2.22. The number of methoxy groups -OCH3 is 1. The first-order valence-corrected chi connectivity index (χ1v) is 8.19. The summed E-state index contributed by atoms with van der Waals surface area (Å²) in [5, 5.41) is 3.34.